The van der Waals surface area contributed by atoms with E-state index in [1.807, 2.05) is 0 Å². The minimum Gasteiger partial charge on any atom is -1.00 e. The summed E-state index contributed by atoms with van der Waals surface area (Å²) in [5, 5.41) is 2.76. The molecule has 0 aromatic heterocycles. The van der Waals surface area contributed by atoms with Crippen LogP contribution in [0.1, 0.15) is 258 Å². The Kier molecular flexibility index (Phi) is 27.0. The zero-order chi connectivity index (χ0) is 46.0. The molecule has 0 unspecified atom stereocenters. The van der Waals surface area contributed by atoms with Crippen molar-refractivity contribution in [3.05, 3.63) is 95.7 Å². The number of hydrogen-bond acceptors (Lipinski definition) is 1. The number of halogens is 1. The zero-order valence-corrected chi connectivity index (χ0v) is 46.0. The molecule has 0 N–H and O–H groups in total. The fourth-order valence-corrected chi connectivity index (χ4v) is 11.5. The SMILES string of the molecule is CCCCCCCCCCCCCCCCCCCCCC[N+]1=C(/C=C/C=C2/N(CCCCCCCCCCCCCC)c3ccccc3C2(C)C)C(C)(C)c2c1ccc1ccccc21.[I-]. The lowest BCUT2D eigenvalue weighted by Gasteiger charge is -2.27. The van der Waals surface area contributed by atoms with Gasteiger partial charge >= 0.3 is 0 Å². The van der Waals surface area contributed by atoms with Crippen molar-refractivity contribution in [2.45, 2.75) is 258 Å². The van der Waals surface area contributed by atoms with Crippen molar-refractivity contribution in [1.29, 1.82) is 0 Å². The van der Waals surface area contributed by atoms with Crippen LogP contribution in [0.3, 0.4) is 0 Å². The van der Waals surface area contributed by atoms with Crippen molar-refractivity contribution in [3.8, 4) is 0 Å². The van der Waals surface area contributed by atoms with Gasteiger partial charge in [-0.3, -0.25) is 0 Å². The van der Waals surface area contributed by atoms with Crippen LogP contribution in [-0.2, 0) is 10.8 Å². The Bertz CT molecular complexity index is 1880. The molecule has 0 spiro atoms. The molecule has 368 valence electrons. The van der Waals surface area contributed by atoms with Crippen molar-refractivity contribution >= 4 is 27.9 Å². The molecular formula is C63H99IN2. The molecule has 66 heavy (non-hydrogen) atoms. The Morgan fingerprint density at radius 3 is 1.42 bits per heavy atom. The van der Waals surface area contributed by atoms with Gasteiger partial charge in [0.25, 0.3) is 0 Å². The second kappa shape index (κ2) is 31.7. The molecule has 0 atom stereocenters. The maximum absolute atomic E-state index is 2.70. The first-order chi connectivity index (χ1) is 31.8. The number of unbranched alkanes of at least 4 members (excludes halogenated alkanes) is 30. The van der Waals surface area contributed by atoms with E-state index in [1.165, 1.54) is 250 Å². The Hall–Kier alpha value is -2.40. The molecule has 2 aliphatic heterocycles. The normalized spacial score (nSPS) is 15.7. The van der Waals surface area contributed by atoms with Crippen LogP contribution in [0.15, 0.2) is 84.6 Å². The first-order valence-corrected chi connectivity index (χ1v) is 28.3. The molecule has 2 aliphatic rings. The maximum atomic E-state index is 2.70. The van der Waals surface area contributed by atoms with E-state index in [1.54, 1.807) is 0 Å². The predicted molar refractivity (Wildman–Crippen MR) is 290 cm³/mol. The van der Waals surface area contributed by atoms with Gasteiger partial charge in [0.1, 0.15) is 6.54 Å². The summed E-state index contributed by atoms with van der Waals surface area (Å²) in [6.45, 7) is 16.6. The summed E-state index contributed by atoms with van der Waals surface area (Å²) in [5.41, 5.74) is 8.57. The molecule has 0 radical (unpaired) electrons. The largest absolute Gasteiger partial charge is 1.00 e. The number of para-hydroxylation sites is 1. The minimum atomic E-state index is -0.0817. The number of benzene rings is 3. The van der Waals surface area contributed by atoms with Gasteiger partial charge in [-0.15, -0.1) is 0 Å². The van der Waals surface area contributed by atoms with Crippen molar-refractivity contribution in [3.63, 3.8) is 0 Å². The summed E-state index contributed by atoms with van der Waals surface area (Å²) in [6, 6.07) is 23.0. The molecule has 2 nitrogen and oxygen atoms in total. The third kappa shape index (κ3) is 17.2. The van der Waals surface area contributed by atoms with Crippen LogP contribution in [0, 0.1) is 0 Å². The van der Waals surface area contributed by atoms with Gasteiger partial charge in [-0.05, 0) is 61.2 Å². The molecule has 3 aromatic carbocycles. The second-order valence-corrected chi connectivity index (χ2v) is 21.7. The molecule has 0 aliphatic carbocycles. The summed E-state index contributed by atoms with van der Waals surface area (Å²) in [6.07, 6.45) is 52.5. The van der Waals surface area contributed by atoms with Crippen LogP contribution < -0.4 is 28.9 Å². The van der Waals surface area contributed by atoms with Gasteiger partial charge in [-0.2, -0.15) is 4.58 Å². The summed E-state index contributed by atoms with van der Waals surface area (Å²) in [7, 11) is 0. The van der Waals surface area contributed by atoms with E-state index in [0.29, 0.717) is 0 Å². The Balaban J connectivity index is 0.00000952. The summed E-state index contributed by atoms with van der Waals surface area (Å²) >= 11 is 0. The molecule has 0 fully saturated rings. The van der Waals surface area contributed by atoms with Gasteiger partial charge in [-0.1, -0.05) is 262 Å². The molecule has 0 bridgehead atoms. The molecule has 5 rings (SSSR count). The number of rotatable bonds is 36. The van der Waals surface area contributed by atoms with E-state index in [9.17, 15) is 0 Å². The van der Waals surface area contributed by atoms with Crippen LogP contribution >= 0.6 is 0 Å². The first-order valence-electron chi connectivity index (χ1n) is 28.3. The molecule has 0 saturated carbocycles. The van der Waals surface area contributed by atoms with E-state index in [4.69, 9.17) is 0 Å². The Labute approximate surface area is 425 Å². The first kappa shape index (κ1) is 56.2. The van der Waals surface area contributed by atoms with Crippen molar-refractivity contribution in [2.75, 3.05) is 18.0 Å². The van der Waals surface area contributed by atoms with Crippen LogP contribution in [0.4, 0.5) is 11.4 Å². The van der Waals surface area contributed by atoms with Gasteiger partial charge in [0.15, 0.2) is 5.71 Å². The van der Waals surface area contributed by atoms with Crippen LogP contribution in [0.2, 0.25) is 0 Å². The van der Waals surface area contributed by atoms with Gasteiger partial charge < -0.3 is 28.9 Å². The highest BCUT2D eigenvalue weighted by atomic mass is 127. The fourth-order valence-electron chi connectivity index (χ4n) is 11.5. The number of fused-ring (bicyclic) bond motifs is 4. The quantitative estimate of drug-likeness (QED) is 0.0320. The lowest BCUT2D eigenvalue weighted by Crippen LogP contribution is -3.00. The summed E-state index contributed by atoms with van der Waals surface area (Å²) in [4.78, 5) is 2.67. The monoisotopic (exact) mass is 1010 g/mol. The van der Waals surface area contributed by atoms with E-state index in [0.717, 1.165) is 13.1 Å². The van der Waals surface area contributed by atoms with Crippen molar-refractivity contribution in [1.82, 2.24) is 0 Å². The van der Waals surface area contributed by atoms with E-state index in [-0.39, 0.29) is 34.8 Å². The van der Waals surface area contributed by atoms with Crippen LogP contribution in [0.5, 0.6) is 0 Å². The van der Waals surface area contributed by atoms with Gasteiger partial charge in [-0.25, -0.2) is 0 Å². The number of nitrogens with zero attached hydrogens (tertiary/aromatic N) is 2. The average molecular weight is 1010 g/mol. The van der Waals surface area contributed by atoms with E-state index < -0.39 is 0 Å². The molecule has 3 heteroatoms. The topological polar surface area (TPSA) is 6.25 Å². The van der Waals surface area contributed by atoms with Gasteiger partial charge in [0.05, 0.1) is 5.41 Å². The maximum Gasteiger partial charge on any atom is 0.210 e. The third-order valence-electron chi connectivity index (χ3n) is 15.5. The molecular weight excluding hydrogens is 912 g/mol. The second-order valence-electron chi connectivity index (χ2n) is 21.7. The number of hydrogen-bond donors (Lipinski definition) is 0. The third-order valence-corrected chi connectivity index (χ3v) is 15.5. The Morgan fingerprint density at radius 1 is 0.470 bits per heavy atom. The smallest absolute Gasteiger partial charge is 0.210 e. The summed E-state index contributed by atoms with van der Waals surface area (Å²) in [5.74, 6) is 0. The standard InChI is InChI=1S/C63H99N2.HI/c1-7-9-11-13-15-17-19-21-22-23-24-25-26-27-28-30-32-34-36-42-53-65-58-51-50-54-44-37-38-45-55(54)61(58)63(5,6)60(65)49-43-48-59-62(3,4)56-46-39-40-47-57(56)64(59)52-41-35-33-31-29-20-18-16-14-12-10-8-2;/h37-40,43-51H,7-36,41-42,52-53H2,1-6H3;1H/q+1;/p-1. The molecule has 3 aromatic rings. The summed E-state index contributed by atoms with van der Waals surface area (Å²) < 4.78 is 2.70. The lowest BCUT2D eigenvalue weighted by atomic mass is 9.79. The van der Waals surface area contributed by atoms with Gasteiger partial charge in [0, 0.05) is 47.5 Å². The highest BCUT2D eigenvalue weighted by Crippen LogP contribution is 2.48. The van der Waals surface area contributed by atoms with Crippen LogP contribution in [0.25, 0.3) is 10.8 Å². The predicted octanol–water partition coefficient (Wildman–Crippen LogP) is 17.0. The van der Waals surface area contributed by atoms with E-state index in [2.05, 4.69) is 130 Å². The fraction of sp³-hybridized carbons (Fsp3) is 0.667. The van der Waals surface area contributed by atoms with Crippen molar-refractivity contribution in [2.24, 2.45) is 0 Å². The van der Waals surface area contributed by atoms with Crippen molar-refractivity contribution < 1.29 is 28.6 Å². The minimum absolute atomic E-state index is 0. The number of allylic oxidation sites excluding steroid dienone is 4. The lowest BCUT2D eigenvalue weighted by molar-refractivity contribution is -0.438. The number of anilines is 1. The molecule has 0 amide bonds. The molecule has 2 heterocycles. The highest BCUT2D eigenvalue weighted by molar-refractivity contribution is 6.07. The van der Waals surface area contributed by atoms with Crippen LogP contribution in [-0.4, -0.2) is 23.4 Å². The van der Waals surface area contributed by atoms with Gasteiger partial charge in [0.2, 0.25) is 5.69 Å². The average Bonchev–Trinajstić information content (AvgIpc) is 3.66. The van der Waals surface area contributed by atoms with E-state index >= 15 is 0 Å². The molecule has 0 saturated heterocycles. The Morgan fingerprint density at radius 2 is 0.909 bits per heavy atom. The zero-order valence-electron chi connectivity index (χ0n) is 43.8. The highest BCUT2D eigenvalue weighted by Gasteiger charge is 2.45.